The molecule has 1 aliphatic heterocycles. The second-order valence-corrected chi connectivity index (χ2v) is 22.0. The van der Waals surface area contributed by atoms with Gasteiger partial charge in [0.25, 0.3) is 17.7 Å². The van der Waals surface area contributed by atoms with E-state index in [4.69, 9.17) is 47.0 Å². The lowest BCUT2D eigenvalue weighted by Crippen LogP contribution is -2.26. The summed E-state index contributed by atoms with van der Waals surface area (Å²) in [7, 11) is 0. The standard InChI is InChI=1S/C25H34N4O3.C25H29N3O4.C21H20N2O4/c1-5-29(6-2)14-10-9-11-19-15-21(18-26-17-19)24-27-25(32-28-24)20-12-13-22(30-7-3)23(16-20)31-8-4;1-3-30-22-11-8-16(14-23(22)31-4-2)25-26-24(27-32-25)20-7-5-6-19-18(20)9-10-21(19)28-13-12-17(29)15-28;1-3-25-18-11-8-13(12-19(18)26-4-2)21-22-20(23-27-21)16-7-5-6-15-14(16)9-10-17(15)24/h12-13,15-18H,5-11,14H2,1-4H3;5-8,11,14,17,21,29H,3-4,9-10,12-13,15H2,1-2H3;5-8,11-12H,3-4,9-10H2,1-2H3/t;17-,21?;/m.1./s1. The molecule has 20 nitrogen and oxygen atoms in total. The van der Waals surface area contributed by atoms with Crippen molar-refractivity contribution in [2.75, 3.05) is 72.4 Å². The van der Waals surface area contributed by atoms with E-state index in [1.165, 1.54) is 23.1 Å². The van der Waals surface area contributed by atoms with Crippen LogP contribution in [0.3, 0.4) is 0 Å². The number of hydrogen-bond acceptors (Lipinski definition) is 20. The van der Waals surface area contributed by atoms with Crippen molar-refractivity contribution in [3.63, 3.8) is 0 Å². The molecule has 3 aliphatic rings. The molecule has 9 aromatic rings. The normalized spacial score (nSPS) is 14.9. The van der Waals surface area contributed by atoms with E-state index >= 15 is 0 Å². The Morgan fingerprint density at radius 3 is 1.53 bits per heavy atom. The third-order valence-corrected chi connectivity index (χ3v) is 16.2. The number of hydrogen-bond donors (Lipinski definition) is 1. The van der Waals surface area contributed by atoms with Crippen molar-refractivity contribution >= 4 is 5.78 Å². The molecular weight excluding hydrogens is 1150 g/mol. The van der Waals surface area contributed by atoms with Crippen molar-refractivity contribution in [2.45, 2.75) is 119 Å². The second-order valence-electron chi connectivity index (χ2n) is 22.0. The van der Waals surface area contributed by atoms with Crippen LogP contribution in [-0.4, -0.2) is 135 Å². The predicted octanol–water partition coefficient (Wildman–Crippen LogP) is 13.8. The molecule has 478 valence electrons. The number of aliphatic hydroxyl groups is 1. The van der Waals surface area contributed by atoms with Crippen molar-refractivity contribution in [1.29, 1.82) is 0 Å². The fourth-order valence-electron chi connectivity index (χ4n) is 11.8. The summed E-state index contributed by atoms with van der Waals surface area (Å²) in [6, 6.07) is 31.3. The minimum absolute atomic E-state index is 0.170. The molecule has 1 saturated heterocycles. The van der Waals surface area contributed by atoms with Gasteiger partial charge in [0, 0.05) is 76.9 Å². The molecule has 91 heavy (non-hydrogen) atoms. The van der Waals surface area contributed by atoms with Crippen molar-refractivity contribution < 1.29 is 51.9 Å². The highest BCUT2D eigenvalue weighted by Crippen LogP contribution is 2.43. The van der Waals surface area contributed by atoms with Crippen LogP contribution >= 0.6 is 0 Å². The highest BCUT2D eigenvalue weighted by atomic mass is 16.5. The molecule has 2 aliphatic carbocycles. The smallest absolute Gasteiger partial charge is 0.258 e. The van der Waals surface area contributed by atoms with Gasteiger partial charge in [0.05, 0.1) is 45.7 Å². The molecule has 5 aromatic carbocycles. The molecule has 0 spiro atoms. The van der Waals surface area contributed by atoms with Gasteiger partial charge < -0.3 is 52.0 Å². The highest BCUT2D eigenvalue weighted by molar-refractivity contribution is 6.02. The molecule has 1 N–H and O–H groups in total. The Hall–Kier alpha value is -8.98. The number of nitrogens with zero attached hydrogens (tertiary/aromatic N) is 9. The molecule has 5 heterocycles. The van der Waals surface area contributed by atoms with Crippen molar-refractivity contribution in [2.24, 2.45) is 0 Å². The van der Waals surface area contributed by atoms with E-state index < -0.39 is 0 Å². The number of unbranched alkanes of at least 4 members (excludes halogenated alkanes) is 1. The van der Waals surface area contributed by atoms with Gasteiger partial charge in [-0.2, -0.15) is 15.0 Å². The van der Waals surface area contributed by atoms with Gasteiger partial charge in [-0.15, -0.1) is 0 Å². The van der Waals surface area contributed by atoms with Gasteiger partial charge in [0.15, 0.2) is 40.3 Å². The molecule has 0 amide bonds. The monoisotopic (exact) mass is 1240 g/mol. The van der Waals surface area contributed by atoms with E-state index in [0.717, 1.165) is 109 Å². The number of likely N-dealkylation sites (tertiary alicyclic amines) is 1. The minimum Gasteiger partial charge on any atom is -0.490 e. The van der Waals surface area contributed by atoms with Gasteiger partial charge >= 0.3 is 0 Å². The summed E-state index contributed by atoms with van der Waals surface area (Å²) in [5.41, 5.74) is 10.6. The quantitative estimate of drug-likeness (QED) is 0.0497. The van der Waals surface area contributed by atoms with Crippen LogP contribution in [0.4, 0.5) is 0 Å². The third-order valence-electron chi connectivity index (χ3n) is 16.2. The lowest BCUT2D eigenvalue weighted by atomic mass is 10.0. The number of ketones is 1. The number of aliphatic hydroxyl groups excluding tert-OH is 1. The maximum Gasteiger partial charge on any atom is 0.258 e. The topological polar surface area (TPSA) is 229 Å². The Morgan fingerprint density at radius 2 is 1.01 bits per heavy atom. The molecule has 1 unspecified atom stereocenters. The number of ether oxygens (including phenoxy) is 6. The zero-order chi connectivity index (χ0) is 63.6. The molecule has 4 aromatic heterocycles. The Morgan fingerprint density at radius 1 is 0.516 bits per heavy atom. The number of fused-ring (bicyclic) bond motifs is 2. The average molecular weight is 1240 g/mol. The van der Waals surface area contributed by atoms with E-state index in [9.17, 15) is 9.90 Å². The summed E-state index contributed by atoms with van der Waals surface area (Å²) in [5.74, 6) is 7.16. The number of carbonyl (C=O) groups excluding carboxylic acids is 1. The molecule has 0 radical (unpaired) electrons. The van der Waals surface area contributed by atoms with Crippen LogP contribution in [0.2, 0.25) is 0 Å². The first-order valence-electron chi connectivity index (χ1n) is 32.1. The van der Waals surface area contributed by atoms with Gasteiger partial charge in [-0.05, 0) is 189 Å². The predicted molar refractivity (Wildman–Crippen MR) is 347 cm³/mol. The Labute approximate surface area is 532 Å². The van der Waals surface area contributed by atoms with Gasteiger partial charge in [0.2, 0.25) is 17.5 Å². The number of pyridine rings is 1. The lowest BCUT2D eigenvalue weighted by Gasteiger charge is -2.24. The van der Waals surface area contributed by atoms with Crippen molar-refractivity contribution in [1.82, 2.24) is 45.2 Å². The first-order chi connectivity index (χ1) is 44.6. The number of aryl methyl sites for hydroxylation is 1. The van der Waals surface area contributed by atoms with Crippen LogP contribution in [0, 0.1) is 0 Å². The van der Waals surface area contributed by atoms with Crippen LogP contribution in [0.5, 0.6) is 34.5 Å². The Kier molecular flexibility index (Phi) is 22.6. The van der Waals surface area contributed by atoms with Crippen LogP contribution in [0.15, 0.2) is 123 Å². The van der Waals surface area contributed by atoms with E-state index in [0.29, 0.717) is 128 Å². The number of β-amino-alcohol motifs (C(OH)–C–C–N with tert-alkyl or cyclic N) is 1. The number of benzene rings is 5. The van der Waals surface area contributed by atoms with Gasteiger partial charge in [-0.25, -0.2) is 0 Å². The SMILES string of the molecule is CCOc1ccc(-c2nc(-c3cccc4c3CCC4=O)no2)cc1OCC.CCOc1ccc(-c2nc(-c3cccc4c3CCC4N3CC[C@@H](O)C3)no2)cc1OCC.CCOc1ccc(-c2nc(-c3cncc(CCCCN(CC)CC)c3)no2)cc1OCC. The highest BCUT2D eigenvalue weighted by Gasteiger charge is 2.34. The molecule has 0 saturated carbocycles. The fraction of sp³-hybridized carbons (Fsp3) is 0.408. The van der Waals surface area contributed by atoms with E-state index in [-0.39, 0.29) is 11.9 Å². The van der Waals surface area contributed by atoms with E-state index in [1.54, 1.807) is 6.20 Å². The summed E-state index contributed by atoms with van der Waals surface area (Å²) >= 11 is 0. The molecule has 12 rings (SSSR count). The van der Waals surface area contributed by atoms with E-state index in [2.05, 4.69) is 78.3 Å². The van der Waals surface area contributed by atoms with Crippen molar-refractivity contribution in [3.8, 4) is 103 Å². The summed E-state index contributed by atoms with van der Waals surface area (Å²) in [4.78, 5) is 35.1. The summed E-state index contributed by atoms with van der Waals surface area (Å²) in [6.07, 6.45) is 10.9. The molecule has 20 heteroatoms. The first kappa shape index (κ1) is 65.0. The Balaban J connectivity index is 0.000000150. The van der Waals surface area contributed by atoms with Gasteiger partial charge in [-0.1, -0.05) is 65.7 Å². The van der Waals surface area contributed by atoms with E-state index in [1.807, 2.05) is 121 Å². The minimum atomic E-state index is -0.210. The van der Waals surface area contributed by atoms with Crippen LogP contribution in [-0.2, 0) is 19.3 Å². The maximum absolute atomic E-state index is 12.0. The third kappa shape index (κ3) is 15.8. The summed E-state index contributed by atoms with van der Waals surface area (Å²) < 4.78 is 50.6. The molecule has 2 atom stereocenters. The van der Waals surface area contributed by atoms with Crippen LogP contribution < -0.4 is 28.4 Å². The lowest BCUT2D eigenvalue weighted by molar-refractivity contribution is 0.0994. The number of aromatic nitrogens is 7. The van der Waals surface area contributed by atoms with Gasteiger partial charge in [0.1, 0.15) is 0 Å². The fourth-order valence-corrected chi connectivity index (χ4v) is 11.8. The molecule has 1 fully saturated rings. The Bertz CT molecular complexity index is 3840. The first-order valence-corrected chi connectivity index (χ1v) is 32.1. The zero-order valence-corrected chi connectivity index (χ0v) is 53.5. The van der Waals surface area contributed by atoms with Crippen LogP contribution in [0.25, 0.3) is 68.5 Å². The summed E-state index contributed by atoms with van der Waals surface area (Å²) in [6.45, 7) is 24.4. The molecule has 0 bridgehead atoms. The van der Waals surface area contributed by atoms with Crippen LogP contribution in [0.1, 0.15) is 126 Å². The number of rotatable bonds is 26. The zero-order valence-electron chi connectivity index (χ0n) is 53.5. The van der Waals surface area contributed by atoms with Crippen molar-refractivity contribution in [3.05, 3.63) is 137 Å². The number of carbonyl (C=O) groups is 1. The second kappa shape index (κ2) is 31.7. The average Bonchev–Trinajstić information content (AvgIpc) is 1.83. The maximum atomic E-state index is 12.0. The largest absolute Gasteiger partial charge is 0.490 e. The summed E-state index contributed by atoms with van der Waals surface area (Å²) in [5, 5.41) is 22.6. The molecular formula is C71H83N9O11. The number of Topliss-reactive ketones (excluding diaryl/α,β-unsaturated/α-hetero) is 1. The van der Waals surface area contributed by atoms with Gasteiger partial charge in [-0.3, -0.25) is 14.7 Å².